The van der Waals surface area contributed by atoms with Gasteiger partial charge < -0.3 is 46.5 Å². The predicted octanol–water partition coefficient (Wildman–Crippen LogP) is 1.84. The molecule has 0 aliphatic carbocycles. The Morgan fingerprint density at radius 1 is 1.07 bits per heavy atom. The van der Waals surface area contributed by atoms with E-state index in [9.17, 15) is 14.7 Å². The zero-order valence-electron chi connectivity index (χ0n) is 22.9. The molecule has 0 spiro atoms. The van der Waals surface area contributed by atoms with E-state index in [-0.39, 0.29) is 5.96 Å². The Morgan fingerprint density at radius 3 is 2.45 bits per heavy atom. The van der Waals surface area contributed by atoms with E-state index in [1.54, 1.807) is 0 Å². The van der Waals surface area contributed by atoms with Gasteiger partial charge in [0.15, 0.2) is 12.1 Å². The second kappa shape index (κ2) is 17.5. The minimum absolute atomic E-state index is 0.0129. The molecule has 2 atom stereocenters. The maximum Gasteiger partial charge on any atom is 0.333 e. The second-order valence-corrected chi connectivity index (χ2v) is 9.09. The molecule has 0 aromatic heterocycles. The van der Waals surface area contributed by atoms with E-state index in [1.165, 1.54) is 0 Å². The van der Waals surface area contributed by atoms with Crippen molar-refractivity contribution in [1.29, 1.82) is 0 Å². The van der Waals surface area contributed by atoms with Crippen molar-refractivity contribution in [2.45, 2.75) is 44.8 Å². The molecule has 2 aromatic carbocycles. The maximum atomic E-state index is 11.3. The Kier molecular flexibility index (Phi) is 14.1. The number of carboxylic acids is 2. The molecule has 0 saturated heterocycles. The highest BCUT2D eigenvalue weighted by atomic mass is 16.5. The van der Waals surface area contributed by atoms with E-state index in [0.29, 0.717) is 45.6 Å². The average molecular weight is 560 g/mol. The Balaban J connectivity index is 0.000000395. The summed E-state index contributed by atoms with van der Waals surface area (Å²) in [5, 5.41) is 17.6. The molecule has 3 rings (SSSR count). The number of anilines is 1. The molecular formula is C28H41N5O7. The largest absolute Gasteiger partial charge is 0.492 e. The fourth-order valence-electron chi connectivity index (χ4n) is 3.79. The van der Waals surface area contributed by atoms with Gasteiger partial charge in [0, 0.05) is 19.6 Å². The third-order valence-corrected chi connectivity index (χ3v) is 5.88. The highest BCUT2D eigenvalue weighted by Crippen LogP contribution is 2.30. The van der Waals surface area contributed by atoms with Crippen LogP contribution in [0.3, 0.4) is 0 Å². The summed E-state index contributed by atoms with van der Waals surface area (Å²) in [6, 6.07) is 14.7. The van der Waals surface area contributed by atoms with Gasteiger partial charge in [-0.1, -0.05) is 31.2 Å². The van der Waals surface area contributed by atoms with Crippen molar-refractivity contribution >= 4 is 23.6 Å². The smallest absolute Gasteiger partial charge is 0.333 e. The number of benzene rings is 2. The van der Waals surface area contributed by atoms with Gasteiger partial charge in [-0.05, 0) is 49.1 Å². The van der Waals surface area contributed by atoms with Gasteiger partial charge in [-0.15, -0.1) is 0 Å². The number of guanidine groups is 1. The van der Waals surface area contributed by atoms with Crippen LogP contribution in [0.15, 0.2) is 53.5 Å². The van der Waals surface area contributed by atoms with Crippen molar-refractivity contribution in [2.24, 2.45) is 22.2 Å². The first-order valence-electron chi connectivity index (χ1n) is 13.3. The van der Waals surface area contributed by atoms with Crippen molar-refractivity contribution in [3.63, 3.8) is 0 Å². The summed E-state index contributed by atoms with van der Waals surface area (Å²) in [7, 11) is 0. The summed E-state index contributed by atoms with van der Waals surface area (Å²) in [4.78, 5) is 27.4. The number of carboxylic acid groups (broad SMARTS) is 2. The third kappa shape index (κ3) is 11.8. The minimum Gasteiger partial charge on any atom is -0.492 e. The van der Waals surface area contributed by atoms with Gasteiger partial charge in [0.1, 0.15) is 30.8 Å². The lowest BCUT2D eigenvalue weighted by atomic mass is 10.1. The topological polar surface area (TPSA) is 196 Å². The van der Waals surface area contributed by atoms with E-state index < -0.39 is 24.1 Å². The number of hydrogen-bond donors (Lipinski definition) is 5. The molecule has 1 aliphatic rings. The lowest BCUT2D eigenvalue weighted by Crippen LogP contribution is -2.35. The molecule has 12 heteroatoms. The highest BCUT2D eigenvalue weighted by molar-refractivity contribution is 5.75. The number of fused-ring (bicyclic) bond motifs is 1. The molecule has 12 nitrogen and oxygen atoms in total. The van der Waals surface area contributed by atoms with Crippen LogP contribution in [-0.4, -0.2) is 79.7 Å². The summed E-state index contributed by atoms with van der Waals surface area (Å²) in [5.41, 5.74) is 17.3. The van der Waals surface area contributed by atoms with Crippen LogP contribution in [0.5, 0.6) is 11.5 Å². The van der Waals surface area contributed by atoms with E-state index in [2.05, 4.69) is 16.0 Å². The molecule has 0 saturated carbocycles. The Bertz CT molecular complexity index is 1080. The molecule has 220 valence electrons. The SMILES string of the molecule is CCCO[C@@H](Cc1ccc(OCCN2CCOc3ccccc32)cc1)C(=O)O.NC(N)=NCCCC(N)C(=O)O. The van der Waals surface area contributed by atoms with Crippen molar-refractivity contribution in [2.75, 3.05) is 44.4 Å². The summed E-state index contributed by atoms with van der Waals surface area (Å²) in [5.74, 6) is -0.235. The van der Waals surface area contributed by atoms with Crippen LogP contribution < -0.4 is 31.6 Å². The molecule has 1 aliphatic heterocycles. The molecule has 0 bridgehead atoms. The monoisotopic (exact) mass is 559 g/mol. The van der Waals surface area contributed by atoms with Crippen molar-refractivity contribution in [1.82, 2.24) is 0 Å². The van der Waals surface area contributed by atoms with Crippen LogP contribution in [0.1, 0.15) is 31.7 Å². The number of nitrogens with two attached hydrogens (primary N) is 3. The van der Waals surface area contributed by atoms with Crippen LogP contribution >= 0.6 is 0 Å². The lowest BCUT2D eigenvalue weighted by molar-refractivity contribution is -0.150. The molecule has 8 N–H and O–H groups in total. The van der Waals surface area contributed by atoms with Crippen LogP contribution in [0, 0.1) is 0 Å². The molecule has 0 fully saturated rings. The van der Waals surface area contributed by atoms with E-state index in [1.807, 2.05) is 49.4 Å². The van der Waals surface area contributed by atoms with Crippen molar-refractivity contribution < 1.29 is 34.0 Å². The quantitative estimate of drug-likeness (QED) is 0.121. The van der Waals surface area contributed by atoms with Crippen LogP contribution in [0.4, 0.5) is 5.69 Å². The Hall–Kier alpha value is -4.03. The van der Waals surface area contributed by atoms with Crippen LogP contribution in [0.2, 0.25) is 0 Å². The van der Waals surface area contributed by atoms with Crippen molar-refractivity contribution in [3.05, 3.63) is 54.1 Å². The number of rotatable bonds is 15. The fraction of sp³-hybridized carbons (Fsp3) is 0.464. The lowest BCUT2D eigenvalue weighted by Gasteiger charge is -2.31. The van der Waals surface area contributed by atoms with Gasteiger partial charge in [0.25, 0.3) is 0 Å². The average Bonchev–Trinajstić information content (AvgIpc) is 2.94. The van der Waals surface area contributed by atoms with Gasteiger partial charge in [0.05, 0.1) is 18.8 Å². The number of carbonyl (C=O) groups is 2. The molecule has 0 amide bonds. The summed E-state index contributed by atoms with van der Waals surface area (Å²) >= 11 is 0. The van der Waals surface area contributed by atoms with Crippen LogP contribution in [-0.2, 0) is 20.7 Å². The third-order valence-electron chi connectivity index (χ3n) is 5.88. The van der Waals surface area contributed by atoms with Crippen molar-refractivity contribution in [3.8, 4) is 11.5 Å². The van der Waals surface area contributed by atoms with Gasteiger partial charge in [0.2, 0.25) is 0 Å². The van der Waals surface area contributed by atoms with E-state index >= 15 is 0 Å². The molecule has 0 radical (unpaired) electrons. The number of hydrogen-bond acceptors (Lipinski definition) is 8. The zero-order chi connectivity index (χ0) is 29.3. The predicted molar refractivity (Wildman–Crippen MR) is 153 cm³/mol. The molecule has 40 heavy (non-hydrogen) atoms. The first-order chi connectivity index (χ1) is 19.2. The zero-order valence-corrected chi connectivity index (χ0v) is 22.9. The summed E-state index contributed by atoms with van der Waals surface area (Å²) in [6.07, 6.45) is 1.29. The maximum absolute atomic E-state index is 11.3. The second-order valence-electron chi connectivity index (χ2n) is 9.09. The molecule has 1 heterocycles. The fourth-order valence-corrected chi connectivity index (χ4v) is 3.79. The van der Waals surface area contributed by atoms with E-state index in [4.69, 9.17) is 36.5 Å². The normalized spacial score (nSPS) is 13.5. The minimum atomic E-state index is -1.00. The van der Waals surface area contributed by atoms with Crippen LogP contribution in [0.25, 0.3) is 0 Å². The van der Waals surface area contributed by atoms with Gasteiger partial charge >= 0.3 is 11.9 Å². The Labute approximate surface area is 234 Å². The summed E-state index contributed by atoms with van der Waals surface area (Å²) in [6.45, 7) is 5.68. The molecule has 2 aromatic rings. The van der Waals surface area contributed by atoms with Gasteiger partial charge in [-0.25, -0.2) is 4.79 Å². The van der Waals surface area contributed by atoms with Gasteiger partial charge in [-0.3, -0.25) is 9.79 Å². The number of aliphatic carboxylic acids is 2. The number of nitrogens with zero attached hydrogens (tertiary/aromatic N) is 2. The summed E-state index contributed by atoms with van der Waals surface area (Å²) < 4.78 is 16.9. The number of aliphatic imine (C=N–C) groups is 1. The van der Waals surface area contributed by atoms with E-state index in [0.717, 1.165) is 42.3 Å². The Morgan fingerprint density at radius 2 is 1.80 bits per heavy atom. The number of ether oxygens (including phenoxy) is 3. The molecular weight excluding hydrogens is 518 g/mol. The molecule has 1 unspecified atom stereocenters. The first kappa shape index (κ1) is 32.2. The number of para-hydroxylation sites is 2. The highest BCUT2D eigenvalue weighted by Gasteiger charge is 2.19. The first-order valence-corrected chi connectivity index (χ1v) is 13.3. The standard InChI is InChI=1S/C22H27NO5.C6H14N4O2/c1-2-13-27-21(22(24)25)16-17-7-9-18(10-8-17)26-14-11-23-12-15-28-20-6-4-3-5-19(20)23;7-4(5(11)12)2-1-3-10-6(8)9/h3-10,21H,2,11-16H2,1H3,(H,24,25);4H,1-3,7H2,(H,11,12)(H4,8,9,10)/t21-;/m0./s1. The van der Waals surface area contributed by atoms with Gasteiger partial charge in [-0.2, -0.15) is 0 Å².